The number of hydrogen-bond acceptors (Lipinski definition) is 5. The summed E-state index contributed by atoms with van der Waals surface area (Å²) < 4.78 is 9.92. The van der Waals surface area contributed by atoms with Gasteiger partial charge in [-0.2, -0.15) is 0 Å². The molecule has 0 saturated heterocycles. The van der Waals surface area contributed by atoms with Crippen molar-refractivity contribution < 1.29 is 23.9 Å². The van der Waals surface area contributed by atoms with Crippen LogP contribution in [-0.4, -0.2) is 44.1 Å². The number of amides is 2. The molecule has 1 aromatic rings. The van der Waals surface area contributed by atoms with Gasteiger partial charge in [-0.15, -0.1) is 0 Å². The van der Waals surface area contributed by atoms with E-state index in [1.165, 1.54) is 14.0 Å². The second-order valence-corrected chi connectivity index (χ2v) is 4.44. The van der Waals surface area contributed by atoms with E-state index in [0.717, 1.165) is 0 Å². The molecule has 0 aliphatic rings. The summed E-state index contributed by atoms with van der Waals surface area (Å²) in [6.45, 7) is 3.36. The molecule has 0 unspecified atom stereocenters. The fourth-order valence-electron chi connectivity index (χ4n) is 1.63. The summed E-state index contributed by atoms with van der Waals surface area (Å²) in [5.41, 5.74) is 0.365. The molecule has 7 nitrogen and oxygen atoms in total. The third-order valence-electron chi connectivity index (χ3n) is 2.75. The highest BCUT2D eigenvalue weighted by Gasteiger charge is 2.17. The average Bonchev–Trinajstić information content (AvgIpc) is 2.52. The minimum Gasteiger partial charge on any atom is -0.497 e. The van der Waals surface area contributed by atoms with Gasteiger partial charge in [0.25, 0.3) is 11.8 Å². The first kappa shape index (κ1) is 17.5. The molecule has 2 amide bonds. The Hall–Kier alpha value is -2.57. The van der Waals surface area contributed by atoms with Crippen molar-refractivity contribution in [1.29, 1.82) is 0 Å². The zero-order valence-electron chi connectivity index (χ0n) is 12.8. The Morgan fingerprint density at radius 2 is 1.95 bits per heavy atom. The number of carbonyl (C=O) groups is 3. The van der Waals surface area contributed by atoms with Crippen LogP contribution in [-0.2, 0) is 14.3 Å². The molecule has 0 bridgehead atoms. The molecule has 120 valence electrons. The maximum Gasteiger partial charge on any atom is 0.326 e. The van der Waals surface area contributed by atoms with Crippen molar-refractivity contribution >= 4 is 17.8 Å². The molecule has 0 radical (unpaired) electrons. The van der Waals surface area contributed by atoms with Gasteiger partial charge in [-0.05, 0) is 32.0 Å². The van der Waals surface area contributed by atoms with Crippen LogP contribution in [0.3, 0.4) is 0 Å². The van der Waals surface area contributed by atoms with E-state index in [-0.39, 0.29) is 12.5 Å². The molecule has 0 saturated carbocycles. The first-order valence-corrected chi connectivity index (χ1v) is 6.87. The van der Waals surface area contributed by atoms with Gasteiger partial charge in [0.1, 0.15) is 12.3 Å². The number of rotatable bonds is 7. The van der Waals surface area contributed by atoms with Crippen LogP contribution in [0.4, 0.5) is 0 Å². The Kier molecular flexibility index (Phi) is 6.88. The molecule has 0 aliphatic carbocycles. The summed E-state index contributed by atoms with van der Waals surface area (Å²) in [5.74, 6) is -0.952. The molecule has 0 aliphatic heterocycles. The fourth-order valence-corrected chi connectivity index (χ4v) is 1.63. The van der Waals surface area contributed by atoms with Crippen molar-refractivity contribution in [3.05, 3.63) is 29.8 Å². The molecular weight excluding hydrogens is 288 g/mol. The molecule has 1 aromatic carbocycles. The molecule has 2 N–H and O–H groups in total. The molecule has 0 aromatic heterocycles. The van der Waals surface area contributed by atoms with Gasteiger partial charge in [0, 0.05) is 12.1 Å². The highest BCUT2D eigenvalue weighted by atomic mass is 16.5. The fraction of sp³-hybridized carbons (Fsp3) is 0.400. The van der Waals surface area contributed by atoms with Gasteiger partial charge in [0.05, 0.1) is 7.11 Å². The zero-order valence-corrected chi connectivity index (χ0v) is 12.8. The van der Waals surface area contributed by atoms with Crippen LogP contribution < -0.4 is 15.4 Å². The second-order valence-electron chi connectivity index (χ2n) is 4.44. The lowest BCUT2D eigenvalue weighted by molar-refractivity contribution is -0.153. The lowest BCUT2D eigenvalue weighted by Gasteiger charge is -2.13. The van der Waals surface area contributed by atoms with Crippen LogP contribution in [0.1, 0.15) is 24.2 Å². The molecule has 1 atom stereocenters. The molecule has 1 rings (SSSR count). The predicted molar refractivity (Wildman–Crippen MR) is 79.6 cm³/mol. The Balaban J connectivity index is 2.46. The largest absolute Gasteiger partial charge is 0.497 e. The van der Waals surface area contributed by atoms with Crippen LogP contribution in [0, 0.1) is 0 Å². The lowest BCUT2D eigenvalue weighted by Crippen LogP contribution is -2.38. The van der Waals surface area contributed by atoms with Crippen LogP contribution in [0.5, 0.6) is 5.75 Å². The number of ether oxygens (including phenoxy) is 2. The topological polar surface area (TPSA) is 93.7 Å². The van der Waals surface area contributed by atoms with E-state index in [9.17, 15) is 14.4 Å². The number of methoxy groups -OCH3 is 1. The number of carbonyl (C=O) groups excluding carboxylic acids is 3. The summed E-state index contributed by atoms with van der Waals surface area (Å²) in [6, 6.07) is 6.53. The minimum absolute atomic E-state index is 0.320. The summed E-state index contributed by atoms with van der Waals surface area (Å²) >= 11 is 0. The van der Waals surface area contributed by atoms with Gasteiger partial charge < -0.3 is 20.1 Å². The van der Waals surface area contributed by atoms with Crippen molar-refractivity contribution in [1.82, 2.24) is 10.6 Å². The quantitative estimate of drug-likeness (QED) is 0.715. The van der Waals surface area contributed by atoms with E-state index in [1.807, 2.05) is 0 Å². The Morgan fingerprint density at radius 3 is 2.59 bits per heavy atom. The highest BCUT2D eigenvalue weighted by molar-refractivity contribution is 5.96. The summed E-state index contributed by atoms with van der Waals surface area (Å²) in [5, 5.41) is 4.96. The van der Waals surface area contributed by atoms with Crippen LogP contribution in [0.15, 0.2) is 24.3 Å². The smallest absolute Gasteiger partial charge is 0.326 e. The maximum atomic E-state index is 11.9. The summed E-state index contributed by atoms with van der Waals surface area (Å²) in [6.07, 6.45) is -0.902. The van der Waals surface area contributed by atoms with Crippen LogP contribution in [0.2, 0.25) is 0 Å². The van der Waals surface area contributed by atoms with Gasteiger partial charge in [-0.25, -0.2) is 0 Å². The minimum atomic E-state index is -0.902. The number of likely N-dealkylation sites (N-methyl/N-ethyl adjacent to an activating group) is 1. The number of hydrogen-bond donors (Lipinski definition) is 2. The second kappa shape index (κ2) is 8.66. The Morgan fingerprint density at radius 1 is 1.23 bits per heavy atom. The molecule has 7 heteroatoms. The van der Waals surface area contributed by atoms with E-state index in [2.05, 4.69) is 10.6 Å². The van der Waals surface area contributed by atoms with Crippen molar-refractivity contribution in [2.45, 2.75) is 20.0 Å². The predicted octanol–water partition coefficient (Wildman–Crippen LogP) is 0.493. The van der Waals surface area contributed by atoms with E-state index >= 15 is 0 Å². The van der Waals surface area contributed by atoms with Gasteiger partial charge in [-0.1, -0.05) is 6.07 Å². The average molecular weight is 308 g/mol. The van der Waals surface area contributed by atoms with Gasteiger partial charge >= 0.3 is 5.97 Å². The molecular formula is C15H20N2O5. The SMILES string of the molecule is CCNC(=O)[C@H](C)OC(=O)CNC(=O)c1cccc(OC)c1. The number of benzene rings is 1. The van der Waals surface area contributed by atoms with Crippen LogP contribution >= 0.6 is 0 Å². The number of nitrogens with one attached hydrogen (secondary N) is 2. The van der Waals surface area contributed by atoms with E-state index in [4.69, 9.17) is 9.47 Å². The molecule has 0 spiro atoms. The zero-order chi connectivity index (χ0) is 16.5. The molecule has 22 heavy (non-hydrogen) atoms. The van der Waals surface area contributed by atoms with Gasteiger partial charge in [-0.3, -0.25) is 14.4 Å². The Labute approximate surface area is 129 Å². The Bertz CT molecular complexity index is 544. The first-order chi connectivity index (χ1) is 10.5. The number of esters is 1. The lowest BCUT2D eigenvalue weighted by atomic mass is 10.2. The van der Waals surface area contributed by atoms with Crippen molar-refractivity contribution in [3.63, 3.8) is 0 Å². The molecule has 0 fully saturated rings. The summed E-state index contributed by atoms with van der Waals surface area (Å²) in [4.78, 5) is 34.9. The normalized spacial score (nSPS) is 11.2. The van der Waals surface area contributed by atoms with E-state index in [0.29, 0.717) is 17.9 Å². The monoisotopic (exact) mass is 308 g/mol. The van der Waals surface area contributed by atoms with Crippen LogP contribution in [0.25, 0.3) is 0 Å². The first-order valence-electron chi connectivity index (χ1n) is 6.87. The summed E-state index contributed by atoms with van der Waals surface area (Å²) in [7, 11) is 1.50. The van der Waals surface area contributed by atoms with Gasteiger partial charge in [0.15, 0.2) is 6.10 Å². The maximum absolute atomic E-state index is 11.9. The van der Waals surface area contributed by atoms with E-state index < -0.39 is 18.0 Å². The highest BCUT2D eigenvalue weighted by Crippen LogP contribution is 2.12. The van der Waals surface area contributed by atoms with Crippen molar-refractivity contribution in [3.8, 4) is 5.75 Å². The van der Waals surface area contributed by atoms with E-state index in [1.54, 1.807) is 31.2 Å². The van der Waals surface area contributed by atoms with Crippen molar-refractivity contribution in [2.75, 3.05) is 20.2 Å². The third kappa shape index (κ3) is 5.43. The standard InChI is InChI=1S/C15H20N2O5/c1-4-16-14(19)10(2)22-13(18)9-17-15(20)11-6-5-7-12(8-11)21-3/h5-8,10H,4,9H2,1-3H3,(H,16,19)(H,17,20)/t10-/m0/s1. The van der Waals surface area contributed by atoms with Gasteiger partial charge in [0.2, 0.25) is 0 Å². The molecule has 0 heterocycles. The van der Waals surface area contributed by atoms with Crippen molar-refractivity contribution in [2.24, 2.45) is 0 Å². The third-order valence-corrected chi connectivity index (χ3v) is 2.75.